The van der Waals surface area contributed by atoms with Crippen LogP contribution in [0.1, 0.15) is 88.7 Å². The van der Waals surface area contributed by atoms with Crippen molar-refractivity contribution in [3.8, 4) is 0 Å². The maximum Gasteiger partial charge on any atom is 0.126 e. The third-order valence-electron chi connectivity index (χ3n) is 7.04. The number of unbranched alkanes of at least 4 members (excludes halogenated alkanes) is 1. The summed E-state index contributed by atoms with van der Waals surface area (Å²) >= 11 is 0. The molecule has 0 N–H and O–H groups in total. The number of hydrogen-bond donors (Lipinski definition) is 0. The van der Waals surface area contributed by atoms with Gasteiger partial charge in [0.15, 0.2) is 0 Å². The van der Waals surface area contributed by atoms with Crippen molar-refractivity contribution in [2.75, 3.05) is 0 Å². The van der Waals surface area contributed by atoms with Gasteiger partial charge in [-0.15, -0.1) is 0 Å². The van der Waals surface area contributed by atoms with E-state index in [0.717, 1.165) is 41.7 Å². The topological polar surface area (TPSA) is 0 Å². The Morgan fingerprint density at radius 3 is 2.46 bits per heavy atom. The van der Waals surface area contributed by atoms with Gasteiger partial charge in [0, 0.05) is 0 Å². The predicted octanol–water partition coefficient (Wildman–Crippen LogP) is 7.79. The van der Waals surface area contributed by atoms with Crippen LogP contribution in [-0.2, 0) is 6.42 Å². The largest absolute Gasteiger partial charge is 0.207 e. The molecule has 26 heavy (non-hydrogen) atoms. The predicted molar refractivity (Wildman–Crippen MR) is 110 cm³/mol. The molecule has 1 unspecified atom stereocenters. The lowest BCUT2D eigenvalue weighted by molar-refractivity contribution is 0.185. The monoisotopic (exact) mass is 356 g/mol. The fourth-order valence-corrected chi connectivity index (χ4v) is 5.10. The smallest absolute Gasteiger partial charge is 0.126 e. The zero-order chi connectivity index (χ0) is 18.4. The number of rotatable bonds is 7. The van der Waals surface area contributed by atoms with Crippen molar-refractivity contribution in [2.45, 2.75) is 90.9 Å². The van der Waals surface area contributed by atoms with Gasteiger partial charge in [-0.25, -0.2) is 4.39 Å². The van der Waals surface area contributed by atoms with E-state index in [1.165, 1.54) is 64.2 Å². The van der Waals surface area contributed by atoms with Gasteiger partial charge in [-0.1, -0.05) is 62.8 Å². The summed E-state index contributed by atoms with van der Waals surface area (Å²) < 4.78 is 13.7. The molecule has 1 heteroatoms. The summed E-state index contributed by atoms with van der Waals surface area (Å²) in [5.74, 6) is 2.88. The van der Waals surface area contributed by atoms with Gasteiger partial charge in [-0.2, -0.15) is 0 Å². The summed E-state index contributed by atoms with van der Waals surface area (Å²) in [4.78, 5) is 0. The highest BCUT2D eigenvalue weighted by Crippen LogP contribution is 2.41. The van der Waals surface area contributed by atoms with E-state index in [1.807, 2.05) is 13.0 Å². The maximum atomic E-state index is 13.7. The van der Waals surface area contributed by atoms with E-state index in [2.05, 4.69) is 19.1 Å². The van der Waals surface area contributed by atoms with Crippen LogP contribution in [0.2, 0.25) is 0 Å². The molecule has 1 atom stereocenters. The van der Waals surface area contributed by atoms with E-state index < -0.39 is 0 Å². The van der Waals surface area contributed by atoms with Crippen molar-refractivity contribution in [2.24, 2.45) is 17.8 Å². The molecule has 144 valence electrons. The molecule has 0 bridgehead atoms. The van der Waals surface area contributed by atoms with E-state index in [0.29, 0.717) is 0 Å². The molecule has 0 radical (unpaired) electrons. The highest BCUT2D eigenvalue weighted by atomic mass is 19.1. The zero-order valence-electron chi connectivity index (χ0n) is 16.9. The summed E-state index contributed by atoms with van der Waals surface area (Å²) in [6.45, 7) is 4.15. The Morgan fingerprint density at radius 1 is 1.00 bits per heavy atom. The molecule has 2 aliphatic rings. The van der Waals surface area contributed by atoms with Crippen LogP contribution in [-0.4, -0.2) is 0 Å². The van der Waals surface area contributed by atoms with Gasteiger partial charge in [0.25, 0.3) is 0 Å². The molecular formula is C25H37F. The Labute approximate surface area is 160 Å². The minimum Gasteiger partial charge on any atom is -0.207 e. The Bertz CT molecular complexity index is 592. The first-order valence-corrected chi connectivity index (χ1v) is 11.1. The molecule has 0 heterocycles. The van der Waals surface area contributed by atoms with Crippen molar-refractivity contribution < 1.29 is 4.39 Å². The fourth-order valence-electron chi connectivity index (χ4n) is 5.10. The van der Waals surface area contributed by atoms with Crippen molar-refractivity contribution in [3.05, 3.63) is 46.8 Å². The van der Waals surface area contributed by atoms with Gasteiger partial charge < -0.3 is 0 Å². The van der Waals surface area contributed by atoms with Gasteiger partial charge >= 0.3 is 0 Å². The van der Waals surface area contributed by atoms with Crippen LogP contribution >= 0.6 is 0 Å². The first-order chi connectivity index (χ1) is 12.7. The lowest BCUT2D eigenvalue weighted by Crippen LogP contribution is -2.23. The van der Waals surface area contributed by atoms with Crippen LogP contribution in [0.5, 0.6) is 0 Å². The van der Waals surface area contributed by atoms with Crippen LogP contribution in [0.15, 0.2) is 29.8 Å². The summed E-state index contributed by atoms with van der Waals surface area (Å²) in [5.41, 5.74) is 3.50. The van der Waals surface area contributed by atoms with E-state index in [1.54, 1.807) is 11.6 Å². The summed E-state index contributed by atoms with van der Waals surface area (Å²) in [7, 11) is 0. The quantitative estimate of drug-likeness (QED) is 0.437. The lowest BCUT2D eigenvalue weighted by atomic mass is 9.70. The van der Waals surface area contributed by atoms with Crippen LogP contribution < -0.4 is 0 Å². The number of allylic oxidation sites excluding steroid dienone is 2. The molecular weight excluding hydrogens is 319 g/mol. The SMILES string of the molecule is CCCC[C@H]1CC[C@H](C2CC=C(CCc3ccc(C)c(F)c3)CC2)CC1. The van der Waals surface area contributed by atoms with E-state index in [4.69, 9.17) is 0 Å². The fraction of sp³-hybridized carbons (Fsp3) is 0.680. The molecule has 1 saturated carbocycles. The van der Waals surface area contributed by atoms with Gasteiger partial charge in [-0.3, -0.25) is 0 Å². The van der Waals surface area contributed by atoms with Gasteiger partial charge in [0.05, 0.1) is 0 Å². The van der Waals surface area contributed by atoms with Crippen molar-refractivity contribution in [3.63, 3.8) is 0 Å². The molecule has 0 aromatic heterocycles. The molecule has 3 rings (SSSR count). The molecule has 0 saturated heterocycles. The minimum absolute atomic E-state index is 0.0604. The zero-order valence-corrected chi connectivity index (χ0v) is 16.9. The second kappa shape index (κ2) is 9.72. The Morgan fingerprint density at radius 2 is 1.81 bits per heavy atom. The molecule has 1 aromatic rings. The van der Waals surface area contributed by atoms with E-state index in [-0.39, 0.29) is 5.82 Å². The van der Waals surface area contributed by atoms with Crippen molar-refractivity contribution in [1.82, 2.24) is 0 Å². The maximum absolute atomic E-state index is 13.7. The highest BCUT2D eigenvalue weighted by molar-refractivity contribution is 5.24. The van der Waals surface area contributed by atoms with Crippen molar-refractivity contribution in [1.29, 1.82) is 0 Å². The molecule has 0 aliphatic heterocycles. The summed E-state index contributed by atoms with van der Waals surface area (Å²) in [5, 5.41) is 0. The average molecular weight is 357 g/mol. The second-order valence-corrected chi connectivity index (χ2v) is 8.90. The van der Waals surface area contributed by atoms with E-state index >= 15 is 0 Å². The third-order valence-corrected chi connectivity index (χ3v) is 7.04. The van der Waals surface area contributed by atoms with Crippen LogP contribution in [0.25, 0.3) is 0 Å². The molecule has 2 aliphatic carbocycles. The minimum atomic E-state index is -0.0604. The molecule has 0 spiro atoms. The Balaban J connectivity index is 1.41. The third kappa shape index (κ3) is 5.44. The number of halogens is 1. The van der Waals surface area contributed by atoms with Crippen molar-refractivity contribution >= 4 is 0 Å². The molecule has 0 amide bonds. The standard InChI is InChI=1S/C25H37F/c1-3-4-5-20-10-14-23(15-11-20)24-16-12-21(13-17-24)8-9-22-7-6-19(2)25(26)18-22/h6-7,12,18,20,23-24H,3-5,8-11,13-17H2,1-2H3/t20-,23-,24?. The average Bonchev–Trinajstić information content (AvgIpc) is 2.68. The molecule has 1 fully saturated rings. The van der Waals surface area contributed by atoms with E-state index in [9.17, 15) is 4.39 Å². The molecule has 1 aromatic carbocycles. The second-order valence-electron chi connectivity index (χ2n) is 8.90. The summed E-state index contributed by atoms with van der Waals surface area (Å²) in [6.07, 6.45) is 18.7. The Hall–Kier alpha value is -1.11. The van der Waals surface area contributed by atoms with Crippen LogP contribution in [0.4, 0.5) is 4.39 Å². The summed E-state index contributed by atoms with van der Waals surface area (Å²) in [6, 6.07) is 5.72. The number of hydrogen-bond acceptors (Lipinski definition) is 0. The van der Waals surface area contributed by atoms with Crippen LogP contribution in [0.3, 0.4) is 0 Å². The first-order valence-electron chi connectivity index (χ1n) is 11.1. The van der Waals surface area contributed by atoms with Gasteiger partial charge in [0.2, 0.25) is 0 Å². The molecule has 0 nitrogen and oxygen atoms in total. The van der Waals surface area contributed by atoms with Gasteiger partial charge in [0.1, 0.15) is 5.82 Å². The highest BCUT2D eigenvalue weighted by Gasteiger charge is 2.28. The Kier molecular flexibility index (Phi) is 7.34. The number of benzene rings is 1. The lowest BCUT2D eigenvalue weighted by Gasteiger charge is -2.35. The normalized spacial score (nSPS) is 26.6. The number of aryl methyl sites for hydroxylation is 2. The first kappa shape index (κ1) is 19.6. The van der Waals surface area contributed by atoms with Gasteiger partial charge in [-0.05, 0) is 86.8 Å². The van der Waals surface area contributed by atoms with Crippen LogP contribution in [0, 0.1) is 30.5 Å².